The van der Waals surface area contributed by atoms with E-state index in [4.69, 9.17) is 4.74 Å². The van der Waals surface area contributed by atoms with Crippen molar-refractivity contribution >= 4 is 11.9 Å². The largest absolute Gasteiger partial charge is 0.481 e. The number of cyclic esters (lactones) is 1. The van der Waals surface area contributed by atoms with Gasteiger partial charge in [-0.05, 0) is 62.4 Å². The Morgan fingerprint density at radius 2 is 2.08 bits per heavy atom. The summed E-state index contributed by atoms with van der Waals surface area (Å²) in [6.07, 6.45) is 4.33. The SMILES string of the molecule is C=C1[C@@H]2CC[C@H]3[C@@]45CCC[C@](C)(C(=O)OC4)[C@H]5[C@H](C(=O)O)[C@]3(C2)[C@@H]1O. The molecule has 1 spiro atoms. The molecule has 0 radical (unpaired) electrons. The minimum Gasteiger partial charge on any atom is -0.481 e. The molecular formula is C20H26O5. The number of ether oxygens (including phenoxy) is 1. The van der Waals surface area contributed by atoms with Crippen LogP contribution in [0.4, 0.5) is 0 Å². The number of carboxylic acids is 1. The fraction of sp³-hybridized carbons (Fsp3) is 0.800. The zero-order valence-corrected chi connectivity index (χ0v) is 14.7. The first-order valence-corrected chi connectivity index (χ1v) is 9.56. The Kier molecular flexibility index (Phi) is 2.84. The maximum atomic E-state index is 12.7. The second-order valence-electron chi connectivity index (χ2n) is 9.49. The number of aliphatic carboxylic acids is 1. The number of fused-ring (bicyclic) bond motifs is 1. The molecular weight excluding hydrogens is 320 g/mol. The zero-order valence-electron chi connectivity index (χ0n) is 14.7. The Bertz CT molecular complexity index is 700. The number of carbonyl (C=O) groups is 2. The normalized spacial score (nSPS) is 56.2. The molecule has 5 nitrogen and oxygen atoms in total. The topological polar surface area (TPSA) is 83.8 Å². The summed E-state index contributed by atoms with van der Waals surface area (Å²) in [5.41, 5.74) is -0.891. The molecule has 0 aromatic carbocycles. The highest BCUT2D eigenvalue weighted by molar-refractivity contribution is 5.82. The van der Waals surface area contributed by atoms with Gasteiger partial charge in [-0.25, -0.2) is 0 Å². The first-order valence-electron chi connectivity index (χ1n) is 9.56. The first-order chi connectivity index (χ1) is 11.8. The van der Waals surface area contributed by atoms with E-state index < -0.39 is 28.8 Å². The molecule has 4 saturated carbocycles. The van der Waals surface area contributed by atoms with Crippen molar-refractivity contribution in [3.05, 3.63) is 12.2 Å². The Labute approximate surface area is 147 Å². The quantitative estimate of drug-likeness (QED) is 0.563. The standard InChI is InChI=1S/C20H26O5/c1-10-11-4-5-12-19-7-3-6-18(2,17(24)25-9-19)14(19)13(16(22)23)20(12,8-11)15(10)21/h11-15,21H,1,3-9H2,2H3,(H,22,23)/t11-,12+,13-,14-,15-,18+,19-,20-/m1/s1. The molecule has 8 atom stereocenters. The molecule has 1 aliphatic heterocycles. The predicted octanol–water partition coefficient (Wildman–Crippen LogP) is 2.38. The number of esters is 1. The lowest BCUT2D eigenvalue weighted by atomic mass is 9.51. The van der Waals surface area contributed by atoms with Gasteiger partial charge in [0.1, 0.15) is 0 Å². The summed E-state index contributed by atoms with van der Waals surface area (Å²) < 4.78 is 5.66. The molecule has 5 rings (SSSR count). The number of aliphatic hydroxyl groups is 1. The summed E-state index contributed by atoms with van der Waals surface area (Å²) >= 11 is 0. The van der Waals surface area contributed by atoms with E-state index in [1.807, 2.05) is 6.92 Å². The molecule has 5 heteroatoms. The summed E-state index contributed by atoms with van der Waals surface area (Å²) in [4.78, 5) is 25.2. The molecule has 1 saturated heterocycles. The minimum absolute atomic E-state index is 0.101. The van der Waals surface area contributed by atoms with Crippen LogP contribution in [0.1, 0.15) is 45.4 Å². The van der Waals surface area contributed by atoms with Crippen LogP contribution in [0, 0.1) is 39.9 Å². The summed E-state index contributed by atoms with van der Waals surface area (Å²) in [6, 6.07) is 0. The highest BCUT2D eigenvalue weighted by Gasteiger charge is 2.80. The van der Waals surface area contributed by atoms with E-state index >= 15 is 0 Å². The highest BCUT2D eigenvalue weighted by atomic mass is 16.5. The summed E-state index contributed by atoms with van der Waals surface area (Å²) in [5, 5.41) is 21.4. The number of carbonyl (C=O) groups excluding carboxylic acids is 1. The lowest BCUT2D eigenvalue weighted by molar-refractivity contribution is -0.200. The summed E-state index contributed by atoms with van der Waals surface area (Å²) in [7, 11) is 0. The van der Waals surface area contributed by atoms with Crippen LogP contribution in [0.25, 0.3) is 0 Å². The fourth-order valence-electron chi connectivity index (χ4n) is 8.19. The average molecular weight is 346 g/mol. The van der Waals surface area contributed by atoms with Gasteiger partial charge in [0.2, 0.25) is 0 Å². The number of rotatable bonds is 1. The fourth-order valence-corrected chi connectivity index (χ4v) is 8.19. The smallest absolute Gasteiger partial charge is 0.312 e. The molecule has 2 N–H and O–H groups in total. The van der Waals surface area contributed by atoms with Crippen LogP contribution < -0.4 is 0 Å². The second-order valence-corrected chi connectivity index (χ2v) is 9.49. The van der Waals surface area contributed by atoms with Crippen molar-refractivity contribution in [1.29, 1.82) is 0 Å². The maximum absolute atomic E-state index is 12.7. The maximum Gasteiger partial charge on any atom is 0.312 e. The van der Waals surface area contributed by atoms with Crippen LogP contribution in [0.5, 0.6) is 0 Å². The van der Waals surface area contributed by atoms with Gasteiger partial charge < -0.3 is 14.9 Å². The number of hydrogen-bond donors (Lipinski definition) is 2. The third-order valence-electron chi connectivity index (χ3n) is 8.89. The second kappa shape index (κ2) is 4.48. The van der Waals surface area contributed by atoms with E-state index in [0.717, 1.165) is 31.3 Å². The van der Waals surface area contributed by atoms with Crippen molar-refractivity contribution in [2.75, 3.05) is 6.61 Å². The zero-order chi connectivity index (χ0) is 17.8. The Morgan fingerprint density at radius 3 is 2.80 bits per heavy atom. The molecule has 4 bridgehead atoms. The van der Waals surface area contributed by atoms with Crippen LogP contribution in [0.2, 0.25) is 0 Å². The predicted molar refractivity (Wildman–Crippen MR) is 88.4 cm³/mol. The molecule has 0 amide bonds. The third-order valence-corrected chi connectivity index (χ3v) is 8.89. The minimum atomic E-state index is -0.853. The first kappa shape index (κ1) is 15.9. The monoisotopic (exact) mass is 346 g/mol. The molecule has 25 heavy (non-hydrogen) atoms. The lowest BCUT2D eigenvalue weighted by Gasteiger charge is -2.55. The van der Waals surface area contributed by atoms with E-state index in [0.29, 0.717) is 19.4 Å². The molecule has 1 heterocycles. The van der Waals surface area contributed by atoms with Crippen LogP contribution in [-0.2, 0) is 14.3 Å². The van der Waals surface area contributed by atoms with Gasteiger partial charge in [0, 0.05) is 10.8 Å². The van der Waals surface area contributed by atoms with Gasteiger partial charge in [0.15, 0.2) is 0 Å². The molecule has 5 fully saturated rings. The average Bonchev–Trinajstić information content (AvgIpc) is 2.96. The van der Waals surface area contributed by atoms with E-state index in [1.165, 1.54) is 0 Å². The molecule has 0 unspecified atom stereocenters. The summed E-state index contributed by atoms with van der Waals surface area (Å²) in [5.74, 6) is -1.70. The molecule has 0 aromatic rings. The Morgan fingerprint density at radius 1 is 1.32 bits per heavy atom. The van der Waals surface area contributed by atoms with Crippen molar-refractivity contribution in [3.63, 3.8) is 0 Å². The number of carboxylic acid groups (broad SMARTS) is 1. The molecule has 4 aliphatic carbocycles. The number of hydrogen-bond acceptors (Lipinski definition) is 4. The van der Waals surface area contributed by atoms with Crippen LogP contribution >= 0.6 is 0 Å². The van der Waals surface area contributed by atoms with Crippen molar-refractivity contribution in [2.24, 2.45) is 39.9 Å². The van der Waals surface area contributed by atoms with Crippen LogP contribution in [0.15, 0.2) is 12.2 Å². The van der Waals surface area contributed by atoms with Crippen molar-refractivity contribution in [1.82, 2.24) is 0 Å². The molecule has 0 aromatic heterocycles. The van der Waals surface area contributed by atoms with Gasteiger partial charge in [-0.3, -0.25) is 9.59 Å². The third kappa shape index (κ3) is 1.48. The molecule has 5 aliphatic rings. The van der Waals surface area contributed by atoms with E-state index in [9.17, 15) is 19.8 Å². The Balaban J connectivity index is 1.78. The van der Waals surface area contributed by atoms with Crippen molar-refractivity contribution in [3.8, 4) is 0 Å². The van der Waals surface area contributed by atoms with Gasteiger partial charge in [0.25, 0.3) is 0 Å². The Hall–Kier alpha value is -1.36. The van der Waals surface area contributed by atoms with Crippen molar-refractivity contribution in [2.45, 2.75) is 51.6 Å². The lowest BCUT2D eigenvalue weighted by Crippen LogP contribution is -2.58. The van der Waals surface area contributed by atoms with E-state index in [2.05, 4.69) is 6.58 Å². The van der Waals surface area contributed by atoms with E-state index in [1.54, 1.807) is 0 Å². The molecule has 136 valence electrons. The van der Waals surface area contributed by atoms with Crippen molar-refractivity contribution < 1.29 is 24.5 Å². The van der Waals surface area contributed by atoms with Gasteiger partial charge in [-0.1, -0.05) is 13.0 Å². The van der Waals surface area contributed by atoms with Crippen LogP contribution in [0.3, 0.4) is 0 Å². The van der Waals surface area contributed by atoms with Gasteiger partial charge in [0.05, 0.1) is 24.0 Å². The number of aliphatic hydroxyl groups excluding tert-OH is 1. The highest BCUT2D eigenvalue weighted by Crippen LogP contribution is 2.78. The van der Waals surface area contributed by atoms with E-state index in [-0.39, 0.29) is 29.1 Å². The summed E-state index contributed by atoms with van der Waals surface area (Å²) in [6.45, 7) is 6.35. The van der Waals surface area contributed by atoms with Crippen LogP contribution in [-0.4, -0.2) is 34.9 Å². The van der Waals surface area contributed by atoms with Gasteiger partial charge in [-0.2, -0.15) is 0 Å². The van der Waals surface area contributed by atoms with Gasteiger partial charge >= 0.3 is 11.9 Å². The van der Waals surface area contributed by atoms with Gasteiger partial charge in [-0.15, -0.1) is 0 Å².